The van der Waals surface area contributed by atoms with Gasteiger partial charge in [0.2, 0.25) is 0 Å². The number of ether oxygens (including phenoxy) is 1. The zero-order valence-electron chi connectivity index (χ0n) is 12.2. The maximum Gasteiger partial charge on any atom is 0.251 e. The first-order valence-electron chi connectivity index (χ1n) is 7.54. The number of nitrogens with one attached hydrogen (secondary N) is 2. The number of carbonyl (C=O) groups excluding carboxylic acids is 1. The molecule has 1 unspecified atom stereocenters. The Labute approximate surface area is 120 Å². The summed E-state index contributed by atoms with van der Waals surface area (Å²) in [6, 6.07) is 7.78. The monoisotopic (exact) mass is 276 g/mol. The molecule has 2 N–H and O–H groups in total. The second-order valence-electron chi connectivity index (χ2n) is 5.23. The molecule has 1 heterocycles. The van der Waals surface area contributed by atoms with Gasteiger partial charge in [0, 0.05) is 18.2 Å². The topological polar surface area (TPSA) is 50.4 Å². The third kappa shape index (κ3) is 4.53. The van der Waals surface area contributed by atoms with Crippen LogP contribution in [0, 0.1) is 0 Å². The predicted molar refractivity (Wildman–Crippen MR) is 80.2 cm³/mol. The molecule has 2 rings (SSSR count). The van der Waals surface area contributed by atoms with Crippen molar-refractivity contribution in [3.8, 4) is 5.75 Å². The van der Waals surface area contributed by atoms with Gasteiger partial charge in [-0.2, -0.15) is 0 Å². The maximum atomic E-state index is 12.1. The number of benzene rings is 1. The van der Waals surface area contributed by atoms with E-state index >= 15 is 0 Å². The van der Waals surface area contributed by atoms with Gasteiger partial charge in [0.1, 0.15) is 5.75 Å². The molecule has 1 aliphatic heterocycles. The summed E-state index contributed by atoms with van der Waals surface area (Å²) < 4.78 is 5.55. The first kappa shape index (κ1) is 14.9. The number of carbonyl (C=O) groups is 1. The van der Waals surface area contributed by atoms with Gasteiger partial charge < -0.3 is 15.4 Å². The lowest BCUT2D eigenvalue weighted by atomic mass is 10.1. The highest BCUT2D eigenvalue weighted by Gasteiger charge is 2.14. The van der Waals surface area contributed by atoms with Crippen molar-refractivity contribution in [2.75, 3.05) is 19.7 Å². The van der Waals surface area contributed by atoms with E-state index in [0.717, 1.165) is 25.1 Å². The summed E-state index contributed by atoms with van der Waals surface area (Å²) in [6.45, 7) is 4.49. The van der Waals surface area contributed by atoms with Gasteiger partial charge in [0.15, 0.2) is 0 Å². The molecule has 1 aromatic carbocycles. The molecule has 0 radical (unpaired) electrons. The van der Waals surface area contributed by atoms with Crippen molar-refractivity contribution in [3.63, 3.8) is 0 Å². The Balaban J connectivity index is 1.84. The molecule has 1 atom stereocenters. The summed E-state index contributed by atoms with van der Waals surface area (Å²) in [7, 11) is 0. The molecule has 1 fully saturated rings. The number of piperidine rings is 1. The van der Waals surface area contributed by atoms with E-state index < -0.39 is 0 Å². The van der Waals surface area contributed by atoms with E-state index in [0.29, 0.717) is 24.8 Å². The summed E-state index contributed by atoms with van der Waals surface area (Å²) in [4.78, 5) is 12.1. The van der Waals surface area contributed by atoms with Crippen molar-refractivity contribution < 1.29 is 9.53 Å². The van der Waals surface area contributed by atoms with Gasteiger partial charge in [-0.25, -0.2) is 0 Å². The number of hydrogen-bond donors (Lipinski definition) is 2. The third-order valence-electron chi connectivity index (χ3n) is 3.49. The van der Waals surface area contributed by atoms with Gasteiger partial charge >= 0.3 is 0 Å². The summed E-state index contributed by atoms with van der Waals surface area (Å²) >= 11 is 0. The number of rotatable bonds is 6. The second kappa shape index (κ2) is 7.90. The average Bonchev–Trinajstić information content (AvgIpc) is 2.52. The normalized spacial score (nSPS) is 18.6. The van der Waals surface area contributed by atoms with Crippen LogP contribution in [0.5, 0.6) is 5.75 Å². The Kier molecular flexibility index (Phi) is 5.87. The fourth-order valence-corrected chi connectivity index (χ4v) is 2.36. The van der Waals surface area contributed by atoms with Gasteiger partial charge in [-0.3, -0.25) is 4.79 Å². The Morgan fingerprint density at radius 1 is 1.45 bits per heavy atom. The van der Waals surface area contributed by atoms with E-state index in [9.17, 15) is 4.79 Å². The lowest BCUT2D eigenvalue weighted by Gasteiger charge is -2.23. The molecule has 4 heteroatoms. The summed E-state index contributed by atoms with van der Waals surface area (Å²) in [5.41, 5.74) is 0.661. The summed E-state index contributed by atoms with van der Waals surface area (Å²) in [5, 5.41) is 6.42. The van der Waals surface area contributed by atoms with Crippen LogP contribution in [-0.2, 0) is 0 Å². The van der Waals surface area contributed by atoms with Gasteiger partial charge in [-0.05, 0) is 44.0 Å². The molecule has 0 spiro atoms. The third-order valence-corrected chi connectivity index (χ3v) is 3.49. The van der Waals surface area contributed by atoms with E-state index in [4.69, 9.17) is 4.74 Å². The van der Waals surface area contributed by atoms with Crippen molar-refractivity contribution in [2.24, 2.45) is 0 Å². The first-order chi connectivity index (χ1) is 9.79. The van der Waals surface area contributed by atoms with E-state index in [1.807, 2.05) is 18.2 Å². The van der Waals surface area contributed by atoms with E-state index in [1.165, 1.54) is 12.8 Å². The Hall–Kier alpha value is -1.55. The fraction of sp³-hybridized carbons (Fsp3) is 0.562. The predicted octanol–water partition coefficient (Wildman–Crippen LogP) is 2.35. The molecule has 1 aromatic rings. The zero-order chi connectivity index (χ0) is 14.2. The molecule has 0 bridgehead atoms. The van der Waals surface area contributed by atoms with Crippen molar-refractivity contribution >= 4 is 5.91 Å². The lowest BCUT2D eigenvalue weighted by molar-refractivity contribution is 0.0947. The van der Waals surface area contributed by atoms with E-state index in [2.05, 4.69) is 17.6 Å². The fourth-order valence-electron chi connectivity index (χ4n) is 2.36. The van der Waals surface area contributed by atoms with Gasteiger partial charge in [0.05, 0.1) is 6.61 Å². The van der Waals surface area contributed by atoms with Crippen LogP contribution in [0.1, 0.15) is 43.0 Å². The molecule has 1 aliphatic rings. The van der Waals surface area contributed by atoms with Crippen LogP contribution in [0.4, 0.5) is 0 Å². The largest absolute Gasteiger partial charge is 0.494 e. The lowest BCUT2D eigenvalue weighted by Crippen LogP contribution is -2.43. The highest BCUT2D eigenvalue weighted by Crippen LogP contribution is 2.13. The van der Waals surface area contributed by atoms with Gasteiger partial charge in [0.25, 0.3) is 5.91 Å². The molecule has 1 amide bonds. The molecule has 20 heavy (non-hydrogen) atoms. The van der Waals surface area contributed by atoms with Crippen molar-refractivity contribution in [3.05, 3.63) is 29.8 Å². The molecule has 4 nitrogen and oxygen atoms in total. The van der Waals surface area contributed by atoms with Crippen LogP contribution in [0.2, 0.25) is 0 Å². The van der Waals surface area contributed by atoms with Crippen LogP contribution < -0.4 is 15.4 Å². The molecule has 0 saturated carbocycles. The molecular weight excluding hydrogens is 252 g/mol. The van der Waals surface area contributed by atoms with Crippen molar-refractivity contribution in [1.82, 2.24) is 10.6 Å². The summed E-state index contributed by atoms with van der Waals surface area (Å²) in [5.74, 6) is 0.731. The molecule has 110 valence electrons. The summed E-state index contributed by atoms with van der Waals surface area (Å²) in [6.07, 6.45) is 4.58. The first-order valence-corrected chi connectivity index (χ1v) is 7.54. The van der Waals surface area contributed by atoms with Crippen molar-refractivity contribution in [1.29, 1.82) is 0 Å². The van der Waals surface area contributed by atoms with E-state index in [1.54, 1.807) is 6.07 Å². The second-order valence-corrected chi connectivity index (χ2v) is 5.23. The Bertz CT molecular complexity index is 428. The minimum absolute atomic E-state index is 0.0284. The zero-order valence-corrected chi connectivity index (χ0v) is 12.2. The van der Waals surface area contributed by atoms with Crippen LogP contribution in [0.3, 0.4) is 0 Å². The van der Waals surface area contributed by atoms with Gasteiger partial charge in [-0.1, -0.05) is 19.4 Å². The number of amides is 1. The minimum atomic E-state index is -0.0284. The Morgan fingerprint density at radius 3 is 3.10 bits per heavy atom. The van der Waals surface area contributed by atoms with Crippen LogP contribution in [0.25, 0.3) is 0 Å². The molecule has 1 saturated heterocycles. The smallest absolute Gasteiger partial charge is 0.251 e. The molecular formula is C16H24N2O2. The van der Waals surface area contributed by atoms with Crippen LogP contribution >= 0.6 is 0 Å². The SMILES string of the molecule is CCCOc1cccc(C(=O)NCC2CCCCN2)c1. The average molecular weight is 276 g/mol. The molecule has 0 aromatic heterocycles. The van der Waals surface area contributed by atoms with Crippen molar-refractivity contribution in [2.45, 2.75) is 38.6 Å². The minimum Gasteiger partial charge on any atom is -0.494 e. The Morgan fingerprint density at radius 2 is 2.35 bits per heavy atom. The van der Waals surface area contributed by atoms with Crippen LogP contribution in [-0.4, -0.2) is 31.6 Å². The molecule has 0 aliphatic carbocycles. The highest BCUT2D eigenvalue weighted by molar-refractivity contribution is 5.94. The quantitative estimate of drug-likeness (QED) is 0.838. The van der Waals surface area contributed by atoms with Crippen LogP contribution in [0.15, 0.2) is 24.3 Å². The highest BCUT2D eigenvalue weighted by atomic mass is 16.5. The standard InChI is InChI=1S/C16H24N2O2/c1-2-10-20-15-8-5-6-13(11-15)16(19)18-12-14-7-3-4-9-17-14/h5-6,8,11,14,17H,2-4,7,9-10,12H2,1H3,(H,18,19). The van der Waals surface area contributed by atoms with E-state index in [-0.39, 0.29) is 5.91 Å². The maximum absolute atomic E-state index is 12.1. The number of hydrogen-bond acceptors (Lipinski definition) is 3. The van der Waals surface area contributed by atoms with Gasteiger partial charge in [-0.15, -0.1) is 0 Å².